The number of benzene rings is 1. The Morgan fingerprint density at radius 1 is 1.50 bits per heavy atom. The minimum Gasteiger partial charge on any atom is -0.394 e. The van der Waals surface area contributed by atoms with Gasteiger partial charge in [-0.2, -0.15) is 5.10 Å². The highest BCUT2D eigenvalue weighted by molar-refractivity contribution is 9.10. The number of hydrogen-bond acceptors (Lipinski definition) is 3. The summed E-state index contributed by atoms with van der Waals surface area (Å²) in [6.07, 6.45) is 0. The van der Waals surface area contributed by atoms with Crippen LogP contribution in [0.3, 0.4) is 0 Å². The summed E-state index contributed by atoms with van der Waals surface area (Å²) in [4.78, 5) is 0. The lowest BCUT2D eigenvalue weighted by molar-refractivity contribution is 0.661. The molecule has 0 bridgehead atoms. The van der Waals surface area contributed by atoms with Gasteiger partial charge in [-0.3, -0.25) is 0 Å². The van der Waals surface area contributed by atoms with Gasteiger partial charge in [-0.15, -0.1) is 0 Å². The number of aryl methyl sites for hydroxylation is 2. The number of nitrogen functional groups attached to an aromatic ring is 1. The average Bonchev–Trinajstić information content (AvgIpc) is 2.60. The van der Waals surface area contributed by atoms with Gasteiger partial charge in [0.25, 0.3) is 0 Å². The van der Waals surface area contributed by atoms with Crippen molar-refractivity contribution in [1.82, 2.24) is 9.78 Å². The topological polar surface area (TPSA) is 55.9 Å². The number of halogens is 2. The summed E-state index contributed by atoms with van der Waals surface area (Å²) in [5.41, 5.74) is 8.41. The summed E-state index contributed by atoms with van der Waals surface area (Å²) in [5.74, 6) is 0.804. The van der Waals surface area contributed by atoms with Crippen molar-refractivity contribution in [1.29, 1.82) is 0 Å². The maximum atomic E-state index is 6.02. The molecule has 0 fully saturated rings. The second-order valence-electron chi connectivity index (χ2n) is 3.91. The van der Waals surface area contributed by atoms with Crippen LogP contribution in [0.2, 0.25) is 5.02 Å². The molecular formula is C12H14BrClN4. The van der Waals surface area contributed by atoms with Crippen molar-refractivity contribution in [2.75, 3.05) is 11.1 Å². The summed E-state index contributed by atoms with van der Waals surface area (Å²) < 4.78 is 2.72. The summed E-state index contributed by atoms with van der Waals surface area (Å²) in [5, 5.41) is 8.32. The van der Waals surface area contributed by atoms with Crippen LogP contribution in [0, 0.1) is 6.92 Å². The number of nitrogens with two attached hydrogens (primary N) is 1. The van der Waals surface area contributed by atoms with E-state index >= 15 is 0 Å². The molecule has 0 saturated carbocycles. The molecule has 0 unspecified atom stereocenters. The highest BCUT2D eigenvalue weighted by Crippen LogP contribution is 2.31. The molecule has 0 atom stereocenters. The number of rotatable bonds is 3. The molecule has 2 aromatic rings. The quantitative estimate of drug-likeness (QED) is 0.896. The van der Waals surface area contributed by atoms with E-state index in [0.29, 0.717) is 10.7 Å². The van der Waals surface area contributed by atoms with Crippen molar-refractivity contribution >= 4 is 44.7 Å². The molecule has 1 heterocycles. The second-order valence-corrected chi connectivity index (χ2v) is 5.20. The third kappa shape index (κ3) is 2.47. The van der Waals surface area contributed by atoms with Crippen molar-refractivity contribution in [3.63, 3.8) is 0 Å². The van der Waals surface area contributed by atoms with E-state index < -0.39 is 0 Å². The molecule has 0 aliphatic carbocycles. The van der Waals surface area contributed by atoms with Crippen molar-refractivity contribution in [2.24, 2.45) is 0 Å². The number of nitrogens with one attached hydrogen (secondary N) is 1. The molecule has 0 aliphatic heterocycles. The molecule has 96 valence electrons. The van der Waals surface area contributed by atoms with E-state index in [1.165, 1.54) is 0 Å². The Morgan fingerprint density at radius 3 is 2.83 bits per heavy atom. The lowest BCUT2D eigenvalue weighted by Gasteiger charge is -2.11. The fourth-order valence-electron chi connectivity index (χ4n) is 1.67. The van der Waals surface area contributed by atoms with Gasteiger partial charge in [0, 0.05) is 16.0 Å². The third-order valence-corrected chi connectivity index (χ3v) is 3.55. The van der Waals surface area contributed by atoms with E-state index in [9.17, 15) is 0 Å². The van der Waals surface area contributed by atoms with E-state index in [4.69, 9.17) is 17.3 Å². The predicted octanol–water partition coefficient (Wildman–Crippen LogP) is 3.95. The maximum absolute atomic E-state index is 6.02. The van der Waals surface area contributed by atoms with Crippen LogP contribution in [0.15, 0.2) is 22.7 Å². The van der Waals surface area contributed by atoms with E-state index in [1.807, 2.05) is 36.7 Å². The zero-order chi connectivity index (χ0) is 13.3. The lowest BCUT2D eigenvalue weighted by atomic mass is 10.3. The van der Waals surface area contributed by atoms with Gasteiger partial charge in [-0.25, -0.2) is 4.68 Å². The smallest absolute Gasteiger partial charge is 0.152 e. The first-order valence-corrected chi connectivity index (χ1v) is 6.75. The lowest BCUT2D eigenvalue weighted by Crippen LogP contribution is -2.04. The van der Waals surface area contributed by atoms with Gasteiger partial charge in [-0.1, -0.05) is 11.6 Å². The fourth-order valence-corrected chi connectivity index (χ4v) is 2.46. The Morgan fingerprint density at radius 2 is 2.22 bits per heavy atom. The second kappa shape index (κ2) is 5.20. The Bertz CT molecular complexity index is 580. The van der Waals surface area contributed by atoms with Crippen molar-refractivity contribution in [2.45, 2.75) is 20.4 Å². The molecule has 4 nitrogen and oxygen atoms in total. The van der Waals surface area contributed by atoms with E-state index in [1.54, 1.807) is 0 Å². The molecule has 0 aliphatic rings. The molecule has 6 heteroatoms. The molecule has 18 heavy (non-hydrogen) atoms. The van der Waals surface area contributed by atoms with Gasteiger partial charge < -0.3 is 11.1 Å². The monoisotopic (exact) mass is 328 g/mol. The van der Waals surface area contributed by atoms with E-state index in [0.717, 1.165) is 28.2 Å². The van der Waals surface area contributed by atoms with Crippen molar-refractivity contribution < 1.29 is 0 Å². The Labute approximate surface area is 119 Å². The maximum Gasteiger partial charge on any atom is 0.152 e. The van der Waals surface area contributed by atoms with Crippen molar-refractivity contribution in [3.8, 4) is 0 Å². The number of anilines is 3. The van der Waals surface area contributed by atoms with Crippen LogP contribution in [0.25, 0.3) is 0 Å². The summed E-state index contributed by atoms with van der Waals surface area (Å²) in [7, 11) is 0. The van der Waals surface area contributed by atoms with Crippen LogP contribution in [0.4, 0.5) is 17.2 Å². The van der Waals surface area contributed by atoms with Crippen LogP contribution in [0.1, 0.15) is 12.6 Å². The first kappa shape index (κ1) is 13.2. The molecule has 0 spiro atoms. The molecule has 0 radical (unpaired) electrons. The Hall–Kier alpha value is -1.20. The van der Waals surface area contributed by atoms with Gasteiger partial charge in [0.1, 0.15) is 0 Å². The zero-order valence-electron chi connectivity index (χ0n) is 10.2. The summed E-state index contributed by atoms with van der Waals surface area (Å²) >= 11 is 9.38. The average molecular weight is 330 g/mol. The fraction of sp³-hybridized carbons (Fsp3) is 0.250. The van der Waals surface area contributed by atoms with Gasteiger partial charge in [-0.05, 0) is 48.0 Å². The van der Waals surface area contributed by atoms with Gasteiger partial charge in [0.2, 0.25) is 0 Å². The first-order valence-electron chi connectivity index (χ1n) is 5.58. The Kier molecular flexibility index (Phi) is 3.82. The van der Waals surface area contributed by atoms with Gasteiger partial charge in [0.15, 0.2) is 5.82 Å². The molecule has 3 N–H and O–H groups in total. The largest absolute Gasteiger partial charge is 0.394 e. The number of nitrogens with zero attached hydrogens (tertiary/aromatic N) is 2. The van der Waals surface area contributed by atoms with Crippen LogP contribution in [0.5, 0.6) is 0 Å². The van der Waals surface area contributed by atoms with Gasteiger partial charge >= 0.3 is 0 Å². The standard InChI is InChI=1S/C12H14BrClN4/c1-3-18-12(11(15)7(2)17-18)16-10-5-4-8(14)6-9(10)13/h4-6,16H,3,15H2,1-2H3. The number of aromatic nitrogens is 2. The summed E-state index contributed by atoms with van der Waals surface area (Å²) in [6, 6.07) is 5.55. The minimum absolute atomic E-state index is 0.665. The molecule has 0 saturated heterocycles. The third-order valence-electron chi connectivity index (χ3n) is 2.66. The molecular weight excluding hydrogens is 316 g/mol. The van der Waals surface area contributed by atoms with Crippen LogP contribution in [-0.4, -0.2) is 9.78 Å². The SMILES string of the molecule is CCn1nc(C)c(N)c1Nc1ccc(Cl)cc1Br. The molecule has 2 rings (SSSR count). The summed E-state index contributed by atoms with van der Waals surface area (Å²) in [6.45, 7) is 4.67. The van der Waals surface area contributed by atoms with Crippen LogP contribution >= 0.6 is 27.5 Å². The first-order chi connectivity index (χ1) is 8.52. The highest BCUT2D eigenvalue weighted by Gasteiger charge is 2.12. The predicted molar refractivity (Wildman–Crippen MR) is 79.5 cm³/mol. The van der Waals surface area contributed by atoms with Gasteiger partial charge in [0.05, 0.1) is 17.1 Å². The van der Waals surface area contributed by atoms with E-state index in [-0.39, 0.29) is 0 Å². The number of hydrogen-bond donors (Lipinski definition) is 2. The molecule has 1 aromatic carbocycles. The van der Waals surface area contributed by atoms with Crippen LogP contribution in [-0.2, 0) is 6.54 Å². The Balaban J connectivity index is 2.39. The van der Waals surface area contributed by atoms with E-state index in [2.05, 4.69) is 26.3 Å². The zero-order valence-corrected chi connectivity index (χ0v) is 12.5. The minimum atomic E-state index is 0.665. The van der Waals surface area contributed by atoms with Crippen LogP contribution < -0.4 is 11.1 Å². The molecule has 1 aromatic heterocycles. The van der Waals surface area contributed by atoms with Crippen molar-refractivity contribution in [3.05, 3.63) is 33.4 Å². The molecule has 0 amide bonds. The normalized spacial score (nSPS) is 10.7. The highest BCUT2D eigenvalue weighted by atomic mass is 79.9.